The van der Waals surface area contributed by atoms with Crippen molar-refractivity contribution in [3.8, 4) is 0 Å². The van der Waals surface area contributed by atoms with Crippen LogP contribution in [-0.2, 0) is 6.54 Å². The largest absolute Gasteiger partial charge is 0.357 e. The number of rotatable bonds is 7. The lowest BCUT2D eigenvalue weighted by atomic mass is 10.0. The third-order valence-electron chi connectivity index (χ3n) is 4.32. The van der Waals surface area contributed by atoms with Gasteiger partial charge in [-0.05, 0) is 38.7 Å². The van der Waals surface area contributed by atoms with E-state index in [2.05, 4.69) is 76.9 Å². The SMILES string of the molecule is CC=CCCN=C(NCC)NC1CCN(Cc2ccccc2)CC1.I. The topological polar surface area (TPSA) is 39.7 Å². The number of halogens is 1. The summed E-state index contributed by atoms with van der Waals surface area (Å²) in [5, 5.41) is 6.97. The zero-order valence-electron chi connectivity index (χ0n) is 15.6. The molecule has 0 amide bonds. The minimum absolute atomic E-state index is 0. The highest BCUT2D eigenvalue weighted by Crippen LogP contribution is 2.13. The molecule has 1 fully saturated rings. The lowest BCUT2D eigenvalue weighted by molar-refractivity contribution is 0.198. The minimum atomic E-state index is 0. The average molecular weight is 456 g/mol. The molecule has 0 bridgehead atoms. The highest BCUT2D eigenvalue weighted by molar-refractivity contribution is 14.0. The number of aliphatic imine (C=N–C) groups is 1. The third-order valence-corrected chi connectivity index (χ3v) is 4.32. The predicted octanol–water partition coefficient (Wildman–Crippen LogP) is 3.79. The van der Waals surface area contributed by atoms with Crippen LogP contribution in [0.4, 0.5) is 0 Å². The second-order valence-electron chi connectivity index (χ2n) is 6.30. The molecule has 0 spiro atoms. The van der Waals surface area contributed by atoms with Crippen LogP contribution in [-0.4, -0.2) is 43.1 Å². The summed E-state index contributed by atoms with van der Waals surface area (Å²) < 4.78 is 0. The van der Waals surface area contributed by atoms with E-state index in [1.165, 1.54) is 18.4 Å². The molecule has 1 saturated heterocycles. The normalized spacial score (nSPS) is 16.6. The van der Waals surface area contributed by atoms with Crippen LogP contribution in [0.2, 0.25) is 0 Å². The number of piperidine rings is 1. The molecule has 1 aliphatic rings. The van der Waals surface area contributed by atoms with E-state index in [4.69, 9.17) is 0 Å². The molecule has 0 saturated carbocycles. The molecule has 25 heavy (non-hydrogen) atoms. The van der Waals surface area contributed by atoms with Crippen LogP contribution in [0.3, 0.4) is 0 Å². The Morgan fingerprint density at radius 2 is 1.96 bits per heavy atom. The maximum atomic E-state index is 4.66. The Hall–Kier alpha value is -1.08. The van der Waals surface area contributed by atoms with E-state index in [9.17, 15) is 0 Å². The van der Waals surface area contributed by atoms with Gasteiger partial charge in [0.25, 0.3) is 0 Å². The number of nitrogens with one attached hydrogen (secondary N) is 2. The average Bonchev–Trinajstić information content (AvgIpc) is 2.61. The van der Waals surface area contributed by atoms with Crippen molar-refractivity contribution in [1.82, 2.24) is 15.5 Å². The van der Waals surface area contributed by atoms with Crippen molar-refractivity contribution < 1.29 is 0 Å². The van der Waals surface area contributed by atoms with Gasteiger partial charge < -0.3 is 10.6 Å². The summed E-state index contributed by atoms with van der Waals surface area (Å²) in [7, 11) is 0. The lowest BCUT2D eigenvalue weighted by Gasteiger charge is -2.33. The molecule has 5 heteroatoms. The minimum Gasteiger partial charge on any atom is -0.357 e. The number of benzene rings is 1. The van der Waals surface area contributed by atoms with Crippen LogP contribution in [0.25, 0.3) is 0 Å². The fourth-order valence-corrected chi connectivity index (χ4v) is 3.01. The first-order valence-corrected chi connectivity index (χ1v) is 9.24. The summed E-state index contributed by atoms with van der Waals surface area (Å²) in [6.07, 6.45) is 7.59. The molecule has 1 aromatic carbocycles. The molecular formula is C20H33IN4. The summed E-state index contributed by atoms with van der Waals surface area (Å²) in [6, 6.07) is 11.3. The molecule has 0 unspecified atom stereocenters. The number of hydrogen-bond donors (Lipinski definition) is 2. The molecule has 0 atom stereocenters. The summed E-state index contributed by atoms with van der Waals surface area (Å²) in [5.74, 6) is 0.962. The van der Waals surface area contributed by atoms with Crippen molar-refractivity contribution in [3.63, 3.8) is 0 Å². The van der Waals surface area contributed by atoms with Crippen molar-refractivity contribution in [3.05, 3.63) is 48.0 Å². The van der Waals surface area contributed by atoms with Crippen LogP contribution in [0.5, 0.6) is 0 Å². The van der Waals surface area contributed by atoms with Gasteiger partial charge in [-0.1, -0.05) is 42.5 Å². The zero-order chi connectivity index (χ0) is 17.0. The van der Waals surface area contributed by atoms with E-state index in [-0.39, 0.29) is 24.0 Å². The Morgan fingerprint density at radius 1 is 1.24 bits per heavy atom. The summed E-state index contributed by atoms with van der Waals surface area (Å²) in [6.45, 7) is 9.26. The molecule has 2 rings (SSSR count). The summed E-state index contributed by atoms with van der Waals surface area (Å²) in [4.78, 5) is 7.21. The molecule has 1 heterocycles. The second-order valence-corrected chi connectivity index (χ2v) is 6.30. The van der Waals surface area contributed by atoms with E-state index in [1.54, 1.807) is 0 Å². The van der Waals surface area contributed by atoms with Gasteiger partial charge in [0.1, 0.15) is 0 Å². The number of likely N-dealkylation sites (tertiary alicyclic amines) is 1. The molecule has 0 aliphatic carbocycles. The predicted molar refractivity (Wildman–Crippen MR) is 119 cm³/mol. The summed E-state index contributed by atoms with van der Waals surface area (Å²) >= 11 is 0. The molecule has 0 aromatic heterocycles. The van der Waals surface area contributed by atoms with E-state index in [0.29, 0.717) is 6.04 Å². The van der Waals surface area contributed by atoms with Crippen molar-refractivity contribution in [1.29, 1.82) is 0 Å². The number of nitrogens with zero attached hydrogens (tertiary/aromatic N) is 2. The van der Waals surface area contributed by atoms with E-state index in [0.717, 1.165) is 45.1 Å². The van der Waals surface area contributed by atoms with Crippen molar-refractivity contribution in [2.45, 2.75) is 45.7 Å². The number of guanidine groups is 1. The first kappa shape index (κ1) is 22.0. The first-order chi connectivity index (χ1) is 11.8. The standard InChI is InChI=1S/C20H32N4.HI/c1-3-5-9-14-22-20(21-4-2)23-19-12-15-24(16-13-19)17-18-10-7-6-8-11-18;/h3,5-8,10-11,19H,4,9,12-17H2,1-2H3,(H2,21,22,23);1H. The quantitative estimate of drug-likeness (QED) is 0.216. The molecular weight excluding hydrogens is 423 g/mol. The van der Waals surface area contributed by atoms with Crippen LogP contribution in [0, 0.1) is 0 Å². The Bertz CT molecular complexity index is 508. The van der Waals surface area contributed by atoms with Crippen molar-refractivity contribution >= 4 is 29.9 Å². The Morgan fingerprint density at radius 3 is 2.60 bits per heavy atom. The molecule has 2 N–H and O–H groups in total. The Labute approximate surface area is 170 Å². The van der Waals surface area contributed by atoms with Crippen molar-refractivity contribution in [2.24, 2.45) is 4.99 Å². The monoisotopic (exact) mass is 456 g/mol. The summed E-state index contributed by atoms with van der Waals surface area (Å²) in [5.41, 5.74) is 1.41. The van der Waals surface area contributed by atoms with Gasteiger partial charge in [0, 0.05) is 38.8 Å². The van der Waals surface area contributed by atoms with Crippen LogP contribution in [0.15, 0.2) is 47.5 Å². The van der Waals surface area contributed by atoms with Gasteiger partial charge >= 0.3 is 0 Å². The van der Waals surface area contributed by atoms with E-state index < -0.39 is 0 Å². The fourth-order valence-electron chi connectivity index (χ4n) is 3.01. The zero-order valence-corrected chi connectivity index (χ0v) is 17.9. The Balaban J connectivity index is 0.00000312. The molecule has 1 aliphatic heterocycles. The van der Waals surface area contributed by atoms with E-state index >= 15 is 0 Å². The highest BCUT2D eigenvalue weighted by Gasteiger charge is 2.19. The van der Waals surface area contributed by atoms with Crippen LogP contribution >= 0.6 is 24.0 Å². The van der Waals surface area contributed by atoms with E-state index in [1.807, 2.05) is 0 Å². The van der Waals surface area contributed by atoms with Gasteiger partial charge in [-0.2, -0.15) is 0 Å². The third kappa shape index (κ3) is 8.72. The molecule has 140 valence electrons. The van der Waals surface area contributed by atoms with Gasteiger partial charge in [-0.15, -0.1) is 24.0 Å². The molecule has 1 aromatic rings. The van der Waals surface area contributed by atoms with Crippen molar-refractivity contribution in [2.75, 3.05) is 26.2 Å². The van der Waals surface area contributed by atoms with Gasteiger partial charge in [-0.3, -0.25) is 9.89 Å². The van der Waals surface area contributed by atoms with Crippen LogP contribution < -0.4 is 10.6 Å². The van der Waals surface area contributed by atoms with Gasteiger partial charge in [-0.25, -0.2) is 0 Å². The fraction of sp³-hybridized carbons (Fsp3) is 0.550. The second kappa shape index (κ2) is 13.2. The molecule has 4 nitrogen and oxygen atoms in total. The maximum Gasteiger partial charge on any atom is 0.191 e. The van der Waals surface area contributed by atoms with Crippen LogP contribution in [0.1, 0.15) is 38.7 Å². The Kier molecular flexibility index (Phi) is 11.6. The van der Waals surface area contributed by atoms with Gasteiger partial charge in [0.05, 0.1) is 0 Å². The lowest BCUT2D eigenvalue weighted by Crippen LogP contribution is -2.48. The molecule has 0 radical (unpaired) electrons. The number of hydrogen-bond acceptors (Lipinski definition) is 2. The van der Waals surface area contributed by atoms with Gasteiger partial charge in [0.2, 0.25) is 0 Å². The number of allylic oxidation sites excluding steroid dienone is 1. The highest BCUT2D eigenvalue weighted by atomic mass is 127. The maximum absolute atomic E-state index is 4.66. The first-order valence-electron chi connectivity index (χ1n) is 9.24. The smallest absolute Gasteiger partial charge is 0.191 e. The van der Waals surface area contributed by atoms with Gasteiger partial charge in [0.15, 0.2) is 5.96 Å².